The summed E-state index contributed by atoms with van der Waals surface area (Å²) in [5, 5.41) is 3.89. The molecule has 1 unspecified atom stereocenters. The first-order chi connectivity index (χ1) is 13.0. The van der Waals surface area contributed by atoms with Gasteiger partial charge in [0.2, 0.25) is 13.4 Å². The lowest BCUT2D eigenvalue weighted by Gasteiger charge is -2.30. The summed E-state index contributed by atoms with van der Waals surface area (Å²) in [4.78, 5) is 30.4. The van der Waals surface area contributed by atoms with Crippen molar-refractivity contribution in [1.29, 1.82) is 0 Å². The predicted octanol–water partition coefficient (Wildman–Crippen LogP) is 0.946. The fourth-order valence-electron chi connectivity index (χ4n) is 2.68. The zero-order valence-corrected chi connectivity index (χ0v) is 15.3. The van der Waals surface area contributed by atoms with Gasteiger partial charge in [-0.1, -0.05) is 5.16 Å². The average Bonchev–Trinajstić information content (AvgIpc) is 3.13. The number of ether oxygens (including phenoxy) is 4. The Morgan fingerprint density at radius 3 is 2.89 bits per heavy atom. The Kier molecular flexibility index (Phi) is 6.12. The molecule has 146 valence electrons. The highest BCUT2D eigenvalue weighted by molar-refractivity contribution is 5.99. The van der Waals surface area contributed by atoms with Crippen LogP contribution in [-0.4, -0.2) is 68.3 Å². The fourth-order valence-corrected chi connectivity index (χ4v) is 2.68. The first kappa shape index (κ1) is 19.0. The lowest BCUT2D eigenvalue weighted by atomic mass is 10.1. The van der Waals surface area contributed by atoms with Crippen molar-refractivity contribution in [2.45, 2.75) is 20.0 Å². The quantitative estimate of drug-likeness (QED) is 0.413. The normalized spacial score (nSPS) is 19.0. The number of benzene rings is 1. The van der Waals surface area contributed by atoms with Crippen molar-refractivity contribution in [3.05, 3.63) is 23.8 Å². The first-order valence-corrected chi connectivity index (χ1v) is 8.64. The van der Waals surface area contributed by atoms with E-state index in [-0.39, 0.29) is 32.0 Å². The van der Waals surface area contributed by atoms with E-state index >= 15 is 0 Å². The molecule has 0 radical (unpaired) electrons. The highest BCUT2D eigenvalue weighted by atomic mass is 16.7. The van der Waals surface area contributed by atoms with E-state index in [9.17, 15) is 9.59 Å². The number of rotatable bonds is 6. The van der Waals surface area contributed by atoms with E-state index < -0.39 is 5.97 Å². The van der Waals surface area contributed by atoms with Gasteiger partial charge in [-0.25, -0.2) is 4.79 Å². The van der Waals surface area contributed by atoms with Gasteiger partial charge in [0.15, 0.2) is 18.1 Å². The maximum absolute atomic E-state index is 12.0. The highest BCUT2D eigenvalue weighted by Crippen LogP contribution is 2.32. The molecule has 1 aromatic rings. The van der Waals surface area contributed by atoms with Gasteiger partial charge in [-0.15, -0.1) is 0 Å². The molecule has 2 aliphatic heterocycles. The van der Waals surface area contributed by atoms with Crippen molar-refractivity contribution in [2.24, 2.45) is 5.16 Å². The number of hydrogen-bond donors (Lipinski definition) is 0. The zero-order valence-electron chi connectivity index (χ0n) is 15.3. The second-order valence-electron chi connectivity index (χ2n) is 6.20. The van der Waals surface area contributed by atoms with Crippen LogP contribution < -0.4 is 9.47 Å². The third-order valence-corrected chi connectivity index (χ3v) is 4.12. The Balaban J connectivity index is 1.41. The minimum absolute atomic E-state index is 0.0183. The van der Waals surface area contributed by atoms with Crippen LogP contribution in [0.25, 0.3) is 0 Å². The molecule has 1 aromatic carbocycles. The van der Waals surface area contributed by atoms with Crippen molar-refractivity contribution < 1.29 is 33.4 Å². The molecule has 0 aromatic heterocycles. The van der Waals surface area contributed by atoms with Gasteiger partial charge < -0.3 is 28.7 Å². The van der Waals surface area contributed by atoms with Crippen molar-refractivity contribution in [3.8, 4) is 11.5 Å². The molecule has 2 aliphatic rings. The second kappa shape index (κ2) is 8.72. The van der Waals surface area contributed by atoms with E-state index in [0.29, 0.717) is 36.9 Å². The summed E-state index contributed by atoms with van der Waals surface area (Å²) in [6.45, 7) is 4.60. The van der Waals surface area contributed by atoms with E-state index in [1.807, 2.05) is 13.0 Å². The van der Waals surface area contributed by atoms with E-state index in [4.69, 9.17) is 23.8 Å². The first-order valence-electron chi connectivity index (χ1n) is 8.64. The van der Waals surface area contributed by atoms with Crippen LogP contribution in [0.1, 0.15) is 19.4 Å². The minimum atomic E-state index is -0.660. The van der Waals surface area contributed by atoms with Crippen LogP contribution in [-0.2, 0) is 23.9 Å². The molecule has 1 atom stereocenters. The Bertz CT molecular complexity index is 734. The van der Waals surface area contributed by atoms with Gasteiger partial charge in [0.05, 0.1) is 18.4 Å². The summed E-state index contributed by atoms with van der Waals surface area (Å²) >= 11 is 0. The molecule has 0 aliphatic carbocycles. The van der Waals surface area contributed by atoms with Crippen LogP contribution in [0.3, 0.4) is 0 Å². The molecule has 1 fully saturated rings. The molecular weight excluding hydrogens is 356 g/mol. The topological polar surface area (TPSA) is 95.9 Å². The number of fused-ring (bicyclic) bond motifs is 1. The lowest BCUT2D eigenvalue weighted by molar-refractivity contribution is -0.158. The Morgan fingerprint density at radius 2 is 2.07 bits per heavy atom. The van der Waals surface area contributed by atoms with E-state index in [1.54, 1.807) is 24.0 Å². The maximum atomic E-state index is 12.0. The van der Waals surface area contributed by atoms with Crippen molar-refractivity contribution in [2.75, 3.05) is 39.7 Å². The molecule has 2 heterocycles. The van der Waals surface area contributed by atoms with Gasteiger partial charge in [0.25, 0.3) is 5.91 Å². The van der Waals surface area contributed by atoms with E-state index in [0.717, 1.165) is 5.56 Å². The lowest BCUT2D eigenvalue weighted by Crippen LogP contribution is -2.46. The second-order valence-corrected chi connectivity index (χ2v) is 6.20. The van der Waals surface area contributed by atoms with Gasteiger partial charge in [-0.2, -0.15) is 0 Å². The van der Waals surface area contributed by atoms with Crippen LogP contribution in [0.4, 0.5) is 0 Å². The van der Waals surface area contributed by atoms with Crippen LogP contribution >= 0.6 is 0 Å². The molecule has 27 heavy (non-hydrogen) atoms. The molecule has 3 rings (SSSR count). The molecule has 9 nitrogen and oxygen atoms in total. The summed E-state index contributed by atoms with van der Waals surface area (Å²) in [7, 11) is 0. The largest absolute Gasteiger partial charge is 0.454 e. The Labute approximate surface area is 156 Å². The van der Waals surface area contributed by atoms with Crippen LogP contribution in [0.15, 0.2) is 23.4 Å². The fraction of sp³-hybridized carbons (Fsp3) is 0.500. The summed E-state index contributed by atoms with van der Waals surface area (Å²) in [5.74, 6) is 0.401. The van der Waals surface area contributed by atoms with Gasteiger partial charge in [0, 0.05) is 18.7 Å². The smallest absolute Gasteiger partial charge is 0.347 e. The molecule has 1 amide bonds. The minimum Gasteiger partial charge on any atom is -0.454 e. The maximum Gasteiger partial charge on any atom is 0.347 e. The number of oxime groups is 1. The summed E-state index contributed by atoms with van der Waals surface area (Å²) in [5.41, 5.74) is 1.35. The van der Waals surface area contributed by atoms with Gasteiger partial charge in [-0.3, -0.25) is 4.79 Å². The zero-order chi connectivity index (χ0) is 19.2. The number of morpholine rings is 1. The number of carbonyl (C=O) groups excluding carboxylic acids is 2. The molecule has 1 saturated heterocycles. The van der Waals surface area contributed by atoms with E-state index in [2.05, 4.69) is 5.16 Å². The van der Waals surface area contributed by atoms with Crippen LogP contribution in [0.5, 0.6) is 11.5 Å². The number of hydrogen-bond acceptors (Lipinski definition) is 8. The van der Waals surface area contributed by atoms with Crippen LogP contribution in [0.2, 0.25) is 0 Å². The van der Waals surface area contributed by atoms with Crippen molar-refractivity contribution in [1.82, 2.24) is 4.90 Å². The van der Waals surface area contributed by atoms with Gasteiger partial charge in [0.1, 0.15) is 0 Å². The number of nitrogens with zero attached hydrogens (tertiary/aromatic N) is 2. The Morgan fingerprint density at radius 1 is 1.26 bits per heavy atom. The number of esters is 1. The van der Waals surface area contributed by atoms with Crippen LogP contribution in [0, 0.1) is 0 Å². The monoisotopic (exact) mass is 378 g/mol. The van der Waals surface area contributed by atoms with Crippen molar-refractivity contribution in [3.63, 3.8) is 0 Å². The van der Waals surface area contributed by atoms with Gasteiger partial charge in [-0.05, 0) is 32.0 Å². The number of carbonyl (C=O) groups is 2. The van der Waals surface area contributed by atoms with Gasteiger partial charge >= 0.3 is 5.97 Å². The highest BCUT2D eigenvalue weighted by Gasteiger charge is 2.22. The molecular formula is C18H22N2O7. The molecule has 0 N–H and O–H groups in total. The molecule has 0 saturated carbocycles. The summed E-state index contributed by atoms with van der Waals surface area (Å²) in [6.07, 6.45) is -0.0183. The number of amides is 1. The molecule has 0 spiro atoms. The molecule has 9 heteroatoms. The SMILES string of the molecule is C/C(=N/OCC(=O)OCC(=O)N1CCOC(C)C1)c1ccc2c(c1)OCO2. The third-order valence-electron chi connectivity index (χ3n) is 4.12. The molecule has 0 bridgehead atoms. The standard InChI is InChI=1S/C18H22N2O7/c1-12-8-20(5-6-23-12)17(21)9-24-18(22)10-27-19-13(2)14-3-4-15-16(7-14)26-11-25-15/h3-4,7,12H,5-6,8-11H2,1-2H3/b19-13-. The predicted molar refractivity (Wildman–Crippen MR) is 93.7 cm³/mol. The van der Waals surface area contributed by atoms with Crippen molar-refractivity contribution >= 4 is 17.6 Å². The summed E-state index contributed by atoms with van der Waals surface area (Å²) in [6, 6.07) is 5.38. The van der Waals surface area contributed by atoms with E-state index in [1.165, 1.54) is 0 Å². The Hall–Kier alpha value is -2.81. The third kappa shape index (κ3) is 5.10. The average molecular weight is 378 g/mol. The summed E-state index contributed by atoms with van der Waals surface area (Å²) < 4.78 is 20.9.